The number of nitrogens with one attached hydrogen (secondary N) is 2. The topological polar surface area (TPSA) is 108 Å². The summed E-state index contributed by atoms with van der Waals surface area (Å²) in [6.07, 6.45) is 0.466. The molecule has 162 valence electrons. The predicted molar refractivity (Wildman–Crippen MR) is 115 cm³/mol. The summed E-state index contributed by atoms with van der Waals surface area (Å²) >= 11 is 6.08. The number of halogens is 1. The first-order valence-electron chi connectivity index (χ1n) is 9.53. The van der Waals surface area contributed by atoms with Crippen molar-refractivity contribution in [1.82, 2.24) is 15.5 Å². The molecule has 31 heavy (non-hydrogen) atoms. The summed E-state index contributed by atoms with van der Waals surface area (Å²) in [4.78, 5) is 38.5. The van der Waals surface area contributed by atoms with Crippen LogP contribution in [0.25, 0.3) is 0 Å². The van der Waals surface area contributed by atoms with Crippen LogP contribution in [0.2, 0.25) is 5.02 Å². The highest BCUT2D eigenvalue weighted by Gasteiger charge is 2.41. The van der Waals surface area contributed by atoms with Crippen LogP contribution in [0.15, 0.2) is 59.8 Å². The standard InChI is InChI=1S/C22H22ClN3O5/c1-13-18(20(27)28)19(15-7-5-8-16(23)12-15)26(22(30)25-13)21(29)24-11-10-14-6-3-4-9-17(14)31-2/h3-9,12,19H,10-11H2,1-2H3,(H,24,29)(H,25,30)(H,27,28). The second-order valence-corrected chi connectivity index (χ2v) is 7.33. The van der Waals surface area contributed by atoms with E-state index >= 15 is 0 Å². The van der Waals surface area contributed by atoms with Crippen LogP contribution in [-0.2, 0) is 11.2 Å². The third kappa shape index (κ3) is 4.80. The maximum atomic E-state index is 13.0. The molecule has 2 aromatic rings. The Labute approximate surface area is 184 Å². The highest BCUT2D eigenvalue weighted by Crippen LogP contribution is 2.34. The zero-order chi connectivity index (χ0) is 22.5. The van der Waals surface area contributed by atoms with Crippen LogP contribution in [0.5, 0.6) is 5.75 Å². The first kappa shape index (κ1) is 22.2. The molecule has 0 saturated heterocycles. The average molecular weight is 444 g/mol. The van der Waals surface area contributed by atoms with E-state index in [1.54, 1.807) is 25.3 Å². The predicted octanol–water partition coefficient (Wildman–Crippen LogP) is 3.73. The molecular formula is C22H22ClN3O5. The van der Waals surface area contributed by atoms with E-state index in [0.29, 0.717) is 22.8 Å². The van der Waals surface area contributed by atoms with Crippen LogP contribution in [0, 0.1) is 0 Å². The first-order valence-corrected chi connectivity index (χ1v) is 9.90. The number of ether oxygens (including phenoxy) is 1. The van der Waals surface area contributed by atoms with Crippen molar-refractivity contribution in [2.75, 3.05) is 13.7 Å². The molecule has 1 heterocycles. The minimum absolute atomic E-state index is 0.109. The number of carboxylic acids is 1. The van der Waals surface area contributed by atoms with Crippen molar-refractivity contribution in [3.8, 4) is 5.75 Å². The Morgan fingerprint density at radius 3 is 2.65 bits per heavy atom. The number of benzene rings is 2. The molecule has 1 atom stereocenters. The van der Waals surface area contributed by atoms with Crippen LogP contribution in [0.1, 0.15) is 24.1 Å². The molecule has 4 amide bonds. The Hall–Kier alpha value is -3.52. The number of urea groups is 2. The number of nitrogens with zero attached hydrogens (tertiary/aromatic N) is 1. The number of carboxylic acid groups (broad SMARTS) is 1. The SMILES string of the molecule is COc1ccccc1CCNC(=O)N1C(=O)NC(C)=C(C(=O)O)C1c1cccc(Cl)c1. The van der Waals surface area contributed by atoms with Crippen molar-refractivity contribution >= 4 is 29.6 Å². The maximum Gasteiger partial charge on any atom is 0.335 e. The molecule has 1 aliphatic rings. The summed E-state index contributed by atoms with van der Waals surface area (Å²) in [6, 6.07) is 11.3. The van der Waals surface area contributed by atoms with Gasteiger partial charge in [0.2, 0.25) is 0 Å². The molecule has 0 spiro atoms. The van der Waals surface area contributed by atoms with Gasteiger partial charge in [-0.2, -0.15) is 0 Å². The van der Waals surface area contributed by atoms with Gasteiger partial charge in [-0.25, -0.2) is 19.3 Å². The summed E-state index contributed by atoms with van der Waals surface area (Å²) in [5.41, 5.74) is 1.36. The lowest BCUT2D eigenvalue weighted by molar-refractivity contribution is -0.133. The van der Waals surface area contributed by atoms with Crippen LogP contribution < -0.4 is 15.4 Å². The van der Waals surface area contributed by atoms with Gasteiger partial charge >= 0.3 is 18.0 Å². The van der Waals surface area contributed by atoms with E-state index in [1.165, 1.54) is 13.0 Å². The zero-order valence-corrected chi connectivity index (χ0v) is 17.8. The second kappa shape index (κ2) is 9.53. The number of hydrogen-bond donors (Lipinski definition) is 3. The number of para-hydroxylation sites is 1. The summed E-state index contributed by atoms with van der Waals surface area (Å²) in [5.74, 6) is -0.551. The Balaban J connectivity index is 1.86. The molecule has 0 aromatic heterocycles. The molecule has 0 bridgehead atoms. The second-order valence-electron chi connectivity index (χ2n) is 6.90. The number of carbonyl (C=O) groups excluding carboxylic acids is 2. The number of methoxy groups -OCH3 is 1. The molecule has 0 aliphatic carbocycles. The van der Waals surface area contributed by atoms with Gasteiger partial charge < -0.3 is 20.5 Å². The number of imide groups is 1. The number of allylic oxidation sites excluding steroid dienone is 1. The Kier molecular flexibility index (Phi) is 6.81. The summed E-state index contributed by atoms with van der Waals surface area (Å²) in [6.45, 7) is 1.70. The highest BCUT2D eigenvalue weighted by molar-refractivity contribution is 6.30. The van der Waals surface area contributed by atoms with Gasteiger partial charge in [0.05, 0.1) is 12.7 Å². The van der Waals surface area contributed by atoms with Crippen molar-refractivity contribution in [1.29, 1.82) is 0 Å². The zero-order valence-electron chi connectivity index (χ0n) is 17.0. The van der Waals surface area contributed by atoms with Crippen LogP contribution in [0.4, 0.5) is 9.59 Å². The molecule has 1 aliphatic heterocycles. The lowest BCUT2D eigenvalue weighted by Gasteiger charge is -2.35. The minimum atomic E-state index is -1.24. The summed E-state index contributed by atoms with van der Waals surface area (Å²) in [5, 5.41) is 15.3. The van der Waals surface area contributed by atoms with Gasteiger partial charge in [-0.1, -0.05) is 41.9 Å². The normalized spacial score (nSPS) is 16.0. The molecule has 1 unspecified atom stereocenters. The first-order chi connectivity index (χ1) is 14.8. The van der Waals surface area contributed by atoms with Gasteiger partial charge in [0, 0.05) is 17.3 Å². The number of amides is 4. The molecule has 8 nitrogen and oxygen atoms in total. The third-order valence-electron chi connectivity index (χ3n) is 4.93. The van der Waals surface area contributed by atoms with Crippen molar-refractivity contribution in [2.24, 2.45) is 0 Å². The average Bonchev–Trinajstić information content (AvgIpc) is 2.73. The molecule has 0 fully saturated rings. The van der Waals surface area contributed by atoms with Gasteiger partial charge in [-0.15, -0.1) is 0 Å². The van der Waals surface area contributed by atoms with E-state index in [4.69, 9.17) is 16.3 Å². The summed E-state index contributed by atoms with van der Waals surface area (Å²) in [7, 11) is 1.56. The fourth-order valence-corrected chi connectivity index (χ4v) is 3.72. The van der Waals surface area contributed by atoms with Crippen molar-refractivity contribution in [3.05, 3.63) is 76.0 Å². The Morgan fingerprint density at radius 1 is 1.23 bits per heavy atom. The van der Waals surface area contributed by atoms with Gasteiger partial charge in [0.15, 0.2) is 0 Å². The van der Waals surface area contributed by atoms with Crippen molar-refractivity contribution in [3.63, 3.8) is 0 Å². The van der Waals surface area contributed by atoms with E-state index in [0.717, 1.165) is 10.5 Å². The molecule has 0 radical (unpaired) electrons. The smallest absolute Gasteiger partial charge is 0.335 e. The van der Waals surface area contributed by atoms with E-state index in [9.17, 15) is 19.5 Å². The van der Waals surface area contributed by atoms with Crippen LogP contribution in [-0.4, -0.2) is 41.7 Å². The molecule has 2 aromatic carbocycles. The highest BCUT2D eigenvalue weighted by atomic mass is 35.5. The number of aliphatic carboxylic acids is 1. The number of hydrogen-bond acceptors (Lipinski definition) is 4. The molecule has 0 saturated carbocycles. The van der Waals surface area contributed by atoms with Gasteiger partial charge in [-0.3, -0.25) is 0 Å². The Morgan fingerprint density at radius 2 is 1.97 bits per heavy atom. The maximum absolute atomic E-state index is 13.0. The minimum Gasteiger partial charge on any atom is -0.496 e. The lowest BCUT2D eigenvalue weighted by atomic mass is 9.94. The van der Waals surface area contributed by atoms with Crippen molar-refractivity contribution in [2.45, 2.75) is 19.4 Å². The van der Waals surface area contributed by atoms with E-state index < -0.39 is 24.1 Å². The van der Waals surface area contributed by atoms with Crippen molar-refractivity contribution < 1.29 is 24.2 Å². The largest absolute Gasteiger partial charge is 0.496 e. The molecule has 9 heteroatoms. The van der Waals surface area contributed by atoms with Gasteiger partial charge in [-0.05, 0) is 42.7 Å². The Bertz CT molecular complexity index is 1050. The molecule has 3 rings (SSSR count). The lowest BCUT2D eigenvalue weighted by Crippen LogP contribution is -2.54. The van der Waals surface area contributed by atoms with E-state index in [-0.39, 0.29) is 17.8 Å². The monoisotopic (exact) mass is 443 g/mol. The quantitative estimate of drug-likeness (QED) is 0.630. The van der Waals surface area contributed by atoms with E-state index in [2.05, 4.69) is 10.6 Å². The number of rotatable bonds is 6. The van der Waals surface area contributed by atoms with Crippen LogP contribution in [0.3, 0.4) is 0 Å². The van der Waals surface area contributed by atoms with E-state index in [1.807, 2.05) is 24.3 Å². The van der Waals surface area contributed by atoms with Gasteiger partial charge in [0.1, 0.15) is 11.8 Å². The summed E-state index contributed by atoms with van der Waals surface area (Å²) < 4.78 is 5.30. The fourth-order valence-electron chi connectivity index (χ4n) is 3.52. The molecular weight excluding hydrogens is 422 g/mol. The van der Waals surface area contributed by atoms with Gasteiger partial charge in [0.25, 0.3) is 0 Å². The third-order valence-corrected chi connectivity index (χ3v) is 5.16. The van der Waals surface area contributed by atoms with Crippen LogP contribution >= 0.6 is 11.6 Å². The molecule has 3 N–H and O–H groups in total. The fraction of sp³-hybridized carbons (Fsp3) is 0.227. The number of carbonyl (C=O) groups is 3.